The SMILES string of the molecule is CC[C@H](Oc1ccccc1F)C(=O)N(C)Cc1nc(-c2ccc(OC)cc2)no1. The second-order valence-corrected chi connectivity index (χ2v) is 6.38. The molecule has 0 saturated carbocycles. The van der Waals surface area contributed by atoms with Gasteiger partial charge in [0.05, 0.1) is 13.7 Å². The molecule has 0 aliphatic rings. The Hall–Kier alpha value is -3.42. The highest BCUT2D eigenvalue weighted by atomic mass is 19.1. The first-order chi connectivity index (χ1) is 14.0. The Bertz CT molecular complexity index is 959. The second-order valence-electron chi connectivity index (χ2n) is 6.38. The first-order valence-electron chi connectivity index (χ1n) is 9.15. The quantitative estimate of drug-likeness (QED) is 0.575. The summed E-state index contributed by atoms with van der Waals surface area (Å²) in [6, 6.07) is 13.2. The summed E-state index contributed by atoms with van der Waals surface area (Å²) in [4.78, 5) is 18.5. The maximum Gasteiger partial charge on any atom is 0.263 e. The van der Waals surface area contributed by atoms with E-state index in [9.17, 15) is 9.18 Å². The average molecular weight is 399 g/mol. The maximum absolute atomic E-state index is 13.8. The molecule has 1 heterocycles. The van der Waals surface area contributed by atoms with Gasteiger partial charge in [0.1, 0.15) is 5.75 Å². The molecule has 0 spiro atoms. The Labute approximate surface area is 168 Å². The minimum atomic E-state index is -0.819. The summed E-state index contributed by atoms with van der Waals surface area (Å²) in [6.45, 7) is 1.91. The van der Waals surface area contributed by atoms with Crippen LogP contribution in [0.3, 0.4) is 0 Å². The highest BCUT2D eigenvalue weighted by molar-refractivity contribution is 5.81. The van der Waals surface area contributed by atoms with Gasteiger partial charge in [-0.3, -0.25) is 4.79 Å². The minimum Gasteiger partial charge on any atom is -0.497 e. The number of nitrogens with zero attached hydrogens (tertiary/aromatic N) is 3. The largest absolute Gasteiger partial charge is 0.497 e. The van der Waals surface area contributed by atoms with Crippen LogP contribution in [-0.2, 0) is 11.3 Å². The van der Waals surface area contributed by atoms with Crippen molar-refractivity contribution in [2.24, 2.45) is 0 Å². The molecular weight excluding hydrogens is 377 g/mol. The summed E-state index contributed by atoms with van der Waals surface area (Å²) in [5.74, 6) is 0.650. The molecule has 29 heavy (non-hydrogen) atoms. The molecule has 152 valence electrons. The van der Waals surface area contributed by atoms with E-state index in [0.717, 1.165) is 11.3 Å². The van der Waals surface area contributed by atoms with Crippen LogP contribution in [0.4, 0.5) is 4.39 Å². The van der Waals surface area contributed by atoms with Crippen molar-refractivity contribution in [2.45, 2.75) is 26.0 Å². The molecule has 0 saturated heterocycles. The lowest BCUT2D eigenvalue weighted by Gasteiger charge is -2.22. The van der Waals surface area contributed by atoms with E-state index in [1.54, 1.807) is 45.3 Å². The van der Waals surface area contributed by atoms with Crippen LogP contribution in [0.1, 0.15) is 19.2 Å². The van der Waals surface area contributed by atoms with Gasteiger partial charge < -0.3 is 18.9 Å². The van der Waals surface area contributed by atoms with Crippen molar-refractivity contribution in [2.75, 3.05) is 14.2 Å². The van der Waals surface area contributed by atoms with Crippen LogP contribution in [0.2, 0.25) is 0 Å². The number of hydrogen-bond donors (Lipinski definition) is 0. The van der Waals surface area contributed by atoms with Crippen LogP contribution in [0.15, 0.2) is 53.1 Å². The van der Waals surface area contributed by atoms with E-state index in [-0.39, 0.29) is 24.1 Å². The third-order valence-corrected chi connectivity index (χ3v) is 4.32. The number of rotatable bonds is 8. The number of carbonyl (C=O) groups is 1. The summed E-state index contributed by atoms with van der Waals surface area (Å²) in [6.07, 6.45) is -0.431. The number of hydrogen-bond acceptors (Lipinski definition) is 6. The molecule has 0 bridgehead atoms. The van der Waals surface area contributed by atoms with E-state index in [1.165, 1.54) is 17.0 Å². The van der Waals surface area contributed by atoms with Crippen molar-refractivity contribution in [3.05, 3.63) is 60.2 Å². The predicted molar refractivity (Wildman–Crippen MR) is 104 cm³/mol. The van der Waals surface area contributed by atoms with Gasteiger partial charge in [0.25, 0.3) is 5.91 Å². The summed E-state index contributed by atoms with van der Waals surface area (Å²) in [5, 5.41) is 3.95. The zero-order chi connectivity index (χ0) is 20.8. The molecule has 1 atom stereocenters. The van der Waals surface area contributed by atoms with Gasteiger partial charge in [-0.15, -0.1) is 0 Å². The normalized spacial score (nSPS) is 11.7. The molecule has 1 aromatic heterocycles. The monoisotopic (exact) mass is 399 g/mol. The summed E-state index contributed by atoms with van der Waals surface area (Å²) in [5.41, 5.74) is 0.768. The standard InChI is InChI=1S/C21H22FN3O4/c1-4-17(28-18-8-6-5-7-16(18)22)21(26)25(2)13-19-23-20(24-29-19)14-9-11-15(27-3)12-10-14/h5-12,17H,4,13H2,1-3H3/t17-/m0/s1. The predicted octanol–water partition coefficient (Wildman–Crippen LogP) is 3.70. The smallest absolute Gasteiger partial charge is 0.263 e. The fraction of sp³-hybridized carbons (Fsp3) is 0.286. The van der Waals surface area contributed by atoms with Crippen LogP contribution >= 0.6 is 0 Å². The molecule has 0 aliphatic carbocycles. The van der Waals surface area contributed by atoms with Gasteiger partial charge in [-0.05, 0) is 42.8 Å². The molecular formula is C21H22FN3O4. The number of benzene rings is 2. The van der Waals surface area contributed by atoms with Gasteiger partial charge >= 0.3 is 0 Å². The Morgan fingerprint density at radius 2 is 1.93 bits per heavy atom. The van der Waals surface area contributed by atoms with Crippen LogP contribution in [0, 0.1) is 5.82 Å². The lowest BCUT2D eigenvalue weighted by atomic mass is 10.2. The van der Waals surface area contributed by atoms with Crippen LogP contribution in [-0.4, -0.2) is 41.2 Å². The zero-order valence-electron chi connectivity index (χ0n) is 16.5. The molecule has 0 aliphatic heterocycles. The number of methoxy groups -OCH3 is 1. The number of ether oxygens (including phenoxy) is 2. The van der Waals surface area contributed by atoms with Gasteiger partial charge in [-0.1, -0.05) is 24.2 Å². The van der Waals surface area contributed by atoms with E-state index in [0.29, 0.717) is 12.2 Å². The fourth-order valence-corrected chi connectivity index (χ4v) is 2.70. The van der Waals surface area contributed by atoms with Crippen LogP contribution in [0.25, 0.3) is 11.4 Å². The van der Waals surface area contributed by atoms with Gasteiger partial charge in [-0.25, -0.2) is 4.39 Å². The Morgan fingerprint density at radius 3 is 2.59 bits per heavy atom. The van der Waals surface area contributed by atoms with Crippen LogP contribution < -0.4 is 9.47 Å². The van der Waals surface area contributed by atoms with E-state index in [4.69, 9.17) is 14.0 Å². The number of para-hydroxylation sites is 1. The van der Waals surface area contributed by atoms with Crippen molar-refractivity contribution < 1.29 is 23.2 Å². The Balaban J connectivity index is 1.65. The molecule has 0 unspecified atom stereocenters. The first kappa shape index (κ1) is 20.3. The molecule has 0 fully saturated rings. The summed E-state index contributed by atoms with van der Waals surface area (Å²) >= 11 is 0. The second kappa shape index (κ2) is 9.18. The zero-order valence-corrected chi connectivity index (χ0v) is 16.5. The number of likely N-dealkylation sites (N-methyl/N-ethyl adjacent to an activating group) is 1. The maximum atomic E-state index is 13.8. The lowest BCUT2D eigenvalue weighted by Crippen LogP contribution is -2.39. The third-order valence-electron chi connectivity index (χ3n) is 4.32. The van der Waals surface area contributed by atoms with Crippen molar-refractivity contribution in [1.29, 1.82) is 0 Å². The van der Waals surface area contributed by atoms with Gasteiger partial charge in [0.2, 0.25) is 11.7 Å². The molecule has 8 heteroatoms. The van der Waals surface area contributed by atoms with Gasteiger partial charge in [0.15, 0.2) is 17.7 Å². The van der Waals surface area contributed by atoms with Crippen molar-refractivity contribution in [3.63, 3.8) is 0 Å². The molecule has 7 nitrogen and oxygen atoms in total. The average Bonchev–Trinajstić information content (AvgIpc) is 3.21. The number of aromatic nitrogens is 2. The lowest BCUT2D eigenvalue weighted by molar-refractivity contribution is -0.138. The molecule has 1 amide bonds. The third kappa shape index (κ3) is 4.90. The van der Waals surface area contributed by atoms with E-state index in [2.05, 4.69) is 10.1 Å². The van der Waals surface area contributed by atoms with Crippen LogP contribution in [0.5, 0.6) is 11.5 Å². The van der Waals surface area contributed by atoms with Crippen molar-refractivity contribution in [1.82, 2.24) is 15.0 Å². The topological polar surface area (TPSA) is 77.7 Å². The minimum absolute atomic E-state index is 0.0423. The Kier molecular flexibility index (Phi) is 6.43. The summed E-state index contributed by atoms with van der Waals surface area (Å²) in [7, 11) is 3.20. The van der Waals surface area contributed by atoms with E-state index < -0.39 is 11.9 Å². The molecule has 2 aromatic carbocycles. The van der Waals surface area contributed by atoms with Gasteiger partial charge in [-0.2, -0.15) is 4.98 Å². The summed E-state index contributed by atoms with van der Waals surface area (Å²) < 4.78 is 29.8. The number of carbonyl (C=O) groups excluding carboxylic acids is 1. The highest BCUT2D eigenvalue weighted by Gasteiger charge is 2.25. The number of amides is 1. The molecule has 0 N–H and O–H groups in total. The molecule has 0 radical (unpaired) electrons. The first-order valence-corrected chi connectivity index (χ1v) is 9.15. The highest BCUT2D eigenvalue weighted by Crippen LogP contribution is 2.21. The molecule has 3 aromatic rings. The Morgan fingerprint density at radius 1 is 1.21 bits per heavy atom. The van der Waals surface area contributed by atoms with Gasteiger partial charge in [0, 0.05) is 12.6 Å². The number of halogens is 1. The fourth-order valence-electron chi connectivity index (χ4n) is 2.70. The van der Waals surface area contributed by atoms with E-state index >= 15 is 0 Å². The van der Waals surface area contributed by atoms with Crippen molar-refractivity contribution in [3.8, 4) is 22.9 Å². The van der Waals surface area contributed by atoms with E-state index in [1.807, 2.05) is 12.1 Å². The molecule has 3 rings (SSSR count). The van der Waals surface area contributed by atoms with Crippen molar-refractivity contribution >= 4 is 5.91 Å².